The maximum absolute atomic E-state index is 6.35. The van der Waals surface area contributed by atoms with E-state index in [1.54, 1.807) is 4.68 Å². The van der Waals surface area contributed by atoms with Crippen molar-refractivity contribution in [2.75, 3.05) is 13.2 Å². The van der Waals surface area contributed by atoms with Crippen LogP contribution in [0.1, 0.15) is 43.9 Å². The molecule has 1 aliphatic heterocycles. The quantitative estimate of drug-likeness (QED) is 0.841. The van der Waals surface area contributed by atoms with Crippen LogP contribution >= 0.6 is 11.6 Å². The van der Waals surface area contributed by atoms with Gasteiger partial charge < -0.3 is 10.1 Å². The molecule has 114 valence electrons. The summed E-state index contributed by atoms with van der Waals surface area (Å²) in [6.07, 6.45) is 5.91. The third kappa shape index (κ3) is 3.96. The Labute approximate surface area is 126 Å². The molecule has 0 bridgehead atoms. The molecule has 2 atom stereocenters. The van der Waals surface area contributed by atoms with Crippen molar-refractivity contribution >= 4 is 11.6 Å². The second-order valence-corrected chi connectivity index (χ2v) is 6.06. The fraction of sp³-hybridized carbons (Fsp3) is 0.800. The summed E-state index contributed by atoms with van der Waals surface area (Å²) in [4.78, 5) is 0. The normalized spacial score (nSPS) is 20.5. The van der Waals surface area contributed by atoms with Gasteiger partial charge in [0.15, 0.2) is 0 Å². The number of hydrogen-bond donors (Lipinski definition) is 1. The molecular weight excluding hydrogens is 274 g/mol. The first-order chi connectivity index (χ1) is 9.61. The van der Waals surface area contributed by atoms with E-state index in [9.17, 15) is 0 Å². The van der Waals surface area contributed by atoms with Crippen LogP contribution in [0.3, 0.4) is 0 Å². The number of rotatable bonds is 7. The smallest absolute Gasteiger partial charge is 0.130 e. The Morgan fingerprint density at radius 2 is 2.35 bits per heavy atom. The molecule has 1 fully saturated rings. The molecule has 1 aromatic rings. The van der Waals surface area contributed by atoms with Crippen molar-refractivity contribution in [3.8, 4) is 0 Å². The van der Waals surface area contributed by atoms with E-state index in [4.69, 9.17) is 16.3 Å². The Hall–Kier alpha value is -0.580. The molecule has 1 aromatic heterocycles. The number of aryl methyl sites for hydroxylation is 2. The fourth-order valence-corrected chi connectivity index (χ4v) is 3.14. The van der Waals surface area contributed by atoms with Gasteiger partial charge in [0.2, 0.25) is 0 Å². The predicted octanol–water partition coefficient (Wildman–Crippen LogP) is 2.86. The van der Waals surface area contributed by atoms with Crippen LogP contribution in [-0.2, 0) is 18.2 Å². The van der Waals surface area contributed by atoms with E-state index in [1.165, 1.54) is 18.4 Å². The second kappa shape index (κ2) is 7.43. The summed E-state index contributed by atoms with van der Waals surface area (Å²) in [6.45, 7) is 6.18. The van der Waals surface area contributed by atoms with E-state index in [1.807, 2.05) is 14.0 Å². The molecule has 2 heterocycles. The Morgan fingerprint density at radius 3 is 2.90 bits per heavy atom. The third-order valence-electron chi connectivity index (χ3n) is 3.97. The summed E-state index contributed by atoms with van der Waals surface area (Å²) in [5, 5.41) is 8.80. The number of ether oxygens (including phenoxy) is 1. The molecule has 1 aliphatic rings. The fourth-order valence-electron chi connectivity index (χ4n) is 2.89. The molecule has 2 rings (SSSR count). The summed E-state index contributed by atoms with van der Waals surface area (Å²) < 4.78 is 7.53. The average molecular weight is 300 g/mol. The number of nitrogens with one attached hydrogen (secondary N) is 1. The molecule has 1 N–H and O–H groups in total. The zero-order chi connectivity index (χ0) is 14.5. The second-order valence-electron chi connectivity index (χ2n) is 5.70. The Bertz CT molecular complexity index is 427. The Morgan fingerprint density at radius 1 is 1.55 bits per heavy atom. The highest BCUT2D eigenvalue weighted by Gasteiger charge is 2.23. The maximum Gasteiger partial charge on any atom is 0.130 e. The van der Waals surface area contributed by atoms with E-state index in [2.05, 4.69) is 17.3 Å². The first-order valence-corrected chi connectivity index (χ1v) is 8.02. The number of nitrogens with zero attached hydrogens (tertiary/aromatic N) is 2. The van der Waals surface area contributed by atoms with Crippen molar-refractivity contribution in [2.24, 2.45) is 7.05 Å². The van der Waals surface area contributed by atoms with E-state index < -0.39 is 0 Å². The van der Waals surface area contributed by atoms with Crippen molar-refractivity contribution < 1.29 is 4.74 Å². The largest absolute Gasteiger partial charge is 0.378 e. The van der Waals surface area contributed by atoms with E-state index in [0.717, 1.165) is 43.3 Å². The SMILES string of the molecule is CCCNC(Cc1c(C)nn(C)c1Cl)CC1CCCO1. The molecular formula is C15H26ClN3O. The molecule has 20 heavy (non-hydrogen) atoms. The summed E-state index contributed by atoms with van der Waals surface area (Å²) in [5.41, 5.74) is 2.20. The summed E-state index contributed by atoms with van der Waals surface area (Å²) in [7, 11) is 1.90. The first kappa shape index (κ1) is 15.8. The van der Waals surface area contributed by atoms with Gasteiger partial charge in [-0.3, -0.25) is 4.68 Å². The van der Waals surface area contributed by atoms with Crippen LogP contribution in [0.4, 0.5) is 0 Å². The van der Waals surface area contributed by atoms with Gasteiger partial charge in [-0.25, -0.2) is 0 Å². The minimum Gasteiger partial charge on any atom is -0.378 e. The van der Waals surface area contributed by atoms with Gasteiger partial charge in [0, 0.05) is 25.3 Å². The standard InChI is InChI=1S/C15H26ClN3O/c1-4-7-17-12(9-13-6-5-8-20-13)10-14-11(2)18-19(3)15(14)16/h12-13,17H,4-10H2,1-3H3. The van der Waals surface area contributed by atoms with Crippen molar-refractivity contribution in [3.63, 3.8) is 0 Å². The molecule has 0 radical (unpaired) electrons. The maximum atomic E-state index is 6.35. The van der Waals surface area contributed by atoms with Gasteiger partial charge in [-0.2, -0.15) is 5.10 Å². The molecule has 0 saturated carbocycles. The van der Waals surface area contributed by atoms with Gasteiger partial charge in [0.1, 0.15) is 5.15 Å². The minimum atomic E-state index is 0.403. The lowest BCUT2D eigenvalue weighted by atomic mass is 9.99. The molecule has 2 unspecified atom stereocenters. The minimum absolute atomic E-state index is 0.403. The Kier molecular flexibility index (Phi) is 5.87. The first-order valence-electron chi connectivity index (χ1n) is 7.64. The molecule has 0 spiro atoms. The number of aromatic nitrogens is 2. The predicted molar refractivity (Wildman–Crippen MR) is 82.3 cm³/mol. The van der Waals surface area contributed by atoms with E-state index in [-0.39, 0.29) is 0 Å². The highest BCUT2D eigenvalue weighted by molar-refractivity contribution is 6.30. The van der Waals surface area contributed by atoms with Crippen molar-refractivity contribution in [1.29, 1.82) is 0 Å². The lowest BCUT2D eigenvalue weighted by molar-refractivity contribution is 0.0945. The zero-order valence-electron chi connectivity index (χ0n) is 12.8. The molecule has 0 amide bonds. The summed E-state index contributed by atoms with van der Waals surface area (Å²) in [5.74, 6) is 0. The third-order valence-corrected chi connectivity index (χ3v) is 4.45. The van der Waals surface area contributed by atoms with Gasteiger partial charge in [-0.05, 0) is 45.6 Å². The van der Waals surface area contributed by atoms with Gasteiger partial charge in [-0.15, -0.1) is 0 Å². The van der Waals surface area contributed by atoms with Crippen LogP contribution in [0.25, 0.3) is 0 Å². The summed E-state index contributed by atoms with van der Waals surface area (Å²) >= 11 is 6.35. The molecule has 5 heteroatoms. The van der Waals surface area contributed by atoms with Crippen molar-refractivity contribution in [1.82, 2.24) is 15.1 Å². The number of halogens is 1. The number of hydrogen-bond acceptors (Lipinski definition) is 3. The molecule has 1 saturated heterocycles. The Balaban J connectivity index is 2.01. The zero-order valence-corrected chi connectivity index (χ0v) is 13.5. The van der Waals surface area contributed by atoms with Crippen LogP contribution in [0.5, 0.6) is 0 Å². The van der Waals surface area contributed by atoms with Crippen molar-refractivity contribution in [3.05, 3.63) is 16.4 Å². The van der Waals surface area contributed by atoms with Crippen LogP contribution in [0, 0.1) is 6.92 Å². The van der Waals surface area contributed by atoms with Gasteiger partial charge in [-0.1, -0.05) is 18.5 Å². The molecule has 4 nitrogen and oxygen atoms in total. The van der Waals surface area contributed by atoms with Crippen LogP contribution in [0.2, 0.25) is 5.15 Å². The lowest BCUT2D eigenvalue weighted by Crippen LogP contribution is -2.35. The summed E-state index contributed by atoms with van der Waals surface area (Å²) in [6, 6.07) is 0.415. The topological polar surface area (TPSA) is 39.1 Å². The van der Waals surface area contributed by atoms with E-state index in [0.29, 0.717) is 12.1 Å². The van der Waals surface area contributed by atoms with Gasteiger partial charge in [0.05, 0.1) is 11.8 Å². The average Bonchev–Trinajstić information content (AvgIpc) is 3.00. The van der Waals surface area contributed by atoms with Crippen LogP contribution < -0.4 is 5.32 Å². The monoisotopic (exact) mass is 299 g/mol. The highest BCUT2D eigenvalue weighted by Crippen LogP contribution is 2.23. The van der Waals surface area contributed by atoms with Crippen molar-refractivity contribution in [2.45, 2.75) is 58.1 Å². The van der Waals surface area contributed by atoms with E-state index >= 15 is 0 Å². The molecule has 0 aliphatic carbocycles. The van der Waals surface area contributed by atoms with Crippen LogP contribution in [0.15, 0.2) is 0 Å². The molecule has 0 aromatic carbocycles. The van der Waals surface area contributed by atoms with Gasteiger partial charge >= 0.3 is 0 Å². The van der Waals surface area contributed by atoms with Gasteiger partial charge in [0.25, 0.3) is 0 Å². The van der Waals surface area contributed by atoms with Crippen LogP contribution in [-0.4, -0.2) is 35.1 Å². The lowest BCUT2D eigenvalue weighted by Gasteiger charge is -2.21. The highest BCUT2D eigenvalue weighted by atomic mass is 35.5.